The number of benzene rings is 1. The molecule has 1 aromatic carbocycles. The monoisotopic (exact) mass is 251 g/mol. The van der Waals surface area contributed by atoms with Gasteiger partial charge in [-0.25, -0.2) is 0 Å². The number of aliphatic hydroxyl groups is 1. The van der Waals surface area contributed by atoms with Crippen LogP contribution in [0, 0.1) is 5.92 Å². The maximum absolute atomic E-state index is 9.24. The van der Waals surface area contributed by atoms with Crippen LogP contribution in [0.3, 0.4) is 0 Å². The van der Waals surface area contributed by atoms with Crippen LogP contribution in [0.2, 0.25) is 5.02 Å². The molecule has 0 aliphatic heterocycles. The number of rotatable bonds is 3. The molecule has 3 rings (SSSR count). The van der Waals surface area contributed by atoms with E-state index in [0.29, 0.717) is 12.0 Å². The summed E-state index contributed by atoms with van der Waals surface area (Å²) in [5.74, 6) is 0.678. The Bertz CT molecular complexity index is 415. The van der Waals surface area contributed by atoms with Crippen LogP contribution in [0.1, 0.15) is 24.0 Å². The minimum absolute atomic E-state index is 0.0404. The van der Waals surface area contributed by atoms with E-state index in [9.17, 15) is 5.11 Å². The van der Waals surface area contributed by atoms with Gasteiger partial charge in [0, 0.05) is 11.1 Å². The molecule has 1 unspecified atom stereocenters. The summed E-state index contributed by atoms with van der Waals surface area (Å²) < 4.78 is 0. The van der Waals surface area contributed by atoms with E-state index in [1.807, 2.05) is 6.07 Å². The number of fused-ring (bicyclic) bond motifs is 1. The highest BCUT2D eigenvalue weighted by molar-refractivity contribution is 6.30. The largest absolute Gasteiger partial charge is 0.393 e. The Hall–Kier alpha value is -0.570. The molecule has 2 nitrogen and oxygen atoms in total. The second-order valence-electron chi connectivity index (χ2n) is 5.42. The van der Waals surface area contributed by atoms with Crippen LogP contribution in [0.4, 0.5) is 0 Å². The molecule has 0 amide bonds. The molecule has 0 heterocycles. The first kappa shape index (κ1) is 11.5. The average molecular weight is 252 g/mol. The maximum atomic E-state index is 9.24. The minimum atomic E-state index is -0.0404. The third kappa shape index (κ3) is 2.49. The fourth-order valence-corrected chi connectivity index (χ4v) is 3.13. The molecule has 3 heteroatoms. The number of aliphatic hydroxyl groups excluding tert-OH is 1. The predicted octanol–water partition coefficient (Wildman–Crippen LogP) is 2.17. The molecule has 0 spiro atoms. The Kier molecular flexibility index (Phi) is 3.12. The molecule has 2 aliphatic carbocycles. The van der Waals surface area contributed by atoms with Gasteiger partial charge in [-0.05, 0) is 61.4 Å². The van der Waals surface area contributed by atoms with Gasteiger partial charge in [-0.15, -0.1) is 0 Å². The Morgan fingerprint density at radius 2 is 2.00 bits per heavy atom. The smallest absolute Gasteiger partial charge is 0.0546 e. The number of hydrogen-bond acceptors (Lipinski definition) is 2. The van der Waals surface area contributed by atoms with Crippen molar-refractivity contribution in [1.82, 2.24) is 5.32 Å². The molecule has 1 aromatic rings. The van der Waals surface area contributed by atoms with Gasteiger partial charge in [0.1, 0.15) is 0 Å². The molecule has 1 atom stereocenters. The number of nitrogens with one attached hydrogen (secondary N) is 1. The standard InChI is InChI=1S/C14H18ClNO/c15-12-2-1-10-6-13(7-11(10)5-12)16-8-9-3-14(17)4-9/h1-2,5,9,13-14,16-17H,3-4,6-8H2. The lowest BCUT2D eigenvalue weighted by Gasteiger charge is -2.32. The van der Waals surface area contributed by atoms with E-state index in [2.05, 4.69) is 17.4 Å². The first-order valence-electron chi connectivity index (χ1n) is 6.39. The van der Waals surface area contributed by atoms with Gasteiger partial charge in [0.15, 0.2) is 0 Å². The fourth-order valence-electron chi connectivity index (χ4n) is 2.93. The first-order valence-corrected chi connectivity index (χ1v) is 6.77. The summed E-state index contributed by atoms with van der Waals surface area (Å²) in [6, 6.07) is 6.77. The summed E-state index contributed by atoms with van der Waals surface area (Å²) in [6.07, 6.45) is 4.10. The van der Waals surface area contributed by atoms with Gasteiger partial charge in [-0.2, -0.15) is 0 Å². The number of hydrogen-bond donors (Lipinski definition) is 2. The van der Waals surface area contributed by atoms with Crippen LogP contribution in [-0.4, -0.2) is 23.8 Å². The second-order valence-corrected chi connectivity index (χ2v) is 5.85. The Morgan fingerprint density at radius 1 is 1.24 bits per heavy atom. The lowest BCUT2D eigenvalue weighted by atomic mass is 9.82. The molecule has 0 radical (unpaired) electrons. The van der Waals surface area contributed by atoms with E-state index >= 15 is 0 Å². The van der Waals surface area contributed by atoms with Crippen molar-refractivity contribution < 1.29 is 5.11 Å². The van der Waals surface area contributed by atoms with Crippen molar-refractivity contribution in [2.45, 2.75) is 37.8 Å². The minimum Gasteiger partial charge on any atom is -0.393 e. The lowest BCUT2D eigenvalue weighted by Crippen LogP contribution is -2.40. The van der Waals surface area contributed by atoms with Crippen LogP contribution in [0.5, 0.6) is 0 Å². The summed E-state index contributed by atoms with van der Waals surface area (Å²) in [6.45, 7) is 1.05. The summed E-state index contributed by atoms with van der Waals surface area (Å²) in [5.41, 5.74) is 2.82. The van der Waals surface area contributed by atoms with Crippen molar-refractivity contribution in [3.63, 3.8) is 0 Å². The molecule has 2 N–H and O–H groups in total. The number of halogens is 1. The van der Waals surface area contributed by atoms with E-state index < -0.39 is 0 Å². The third-order valence-electron chi connectivity index (χ3n) is 4.01. The lowest BCUT2D eigenvalue weighted by molar-refractivity contribution is 0.0420. The van der Waals surface area contributed by atoms with Crippen molar-refractivity contribution in [2.75, 3.05) is 6.54 Å². The Labute approximate surface area is 107 Å². The molecule has 0 aromatic heterocycles. The molecule has 2 aliphatic rings. The van der Waals surface area contributed by atoms with Gasteiger partial charge in [0.05, 0.1) is 6.10 Å². The fraction of sp³-hybridized carbons (Fsp3) is 0.571. The topological polar surface area (TPSA) is 32.3 Å². The van der Waals surface area contributed by atoms with Crippen LogP contribution in [-0.2, 0) is 12.8 Å². The Morgan fingerprint density at radius 3 is 2.76 bits per heavy atom. The van der Waals surface area contributed by atoms with E-state index in [0.717, 1.165) is 37.3 Å². The molecule has 0 saturated heterocycles. The van der Waals surface area contributed by atoms with Gasteiger partial charge in [0.2, 0.25) is 0 Å². The molecule has 92 valence electrons. The van der Waals surface area contributed by atoms with Crippen molar-refractivity contribution in [3.8, 4) is 0 Å². The first-order chi connectivity index (χ1) is 8.20. The van der Waals surface area contributed by atoms with E-state index in [1.54, 1.807) is 0 Å². The predicted molar refractivity (Wildman–Crippen MR) is 69.4 cm³/mol. The zero-order valence-electron chi connectivity index (χ0n) is 9.82. The molecular weight excluding hydrogens is 234 g/mol. The van der Waals surface area contributed by atoms with Gasteiger partial charge in [0.25, 0.3) is 0 Å². The summed E-state index contributed by atoms with van der Waals surface area (Å²) in [7, 11) is 0. The molecule has 17 heavy (non-hydrogen) atoms. The van der Waals surface area contributed by atoms with Crippen molar-refractivity contribution in [1.29, 1.82) is 0 Å². The normalized spacial score (nSPS) is 31.1. The summed E-state index contributed by atoms with van der Waals surface area (Å²) >= 11 is 6.00. The molecule has 0 bridgehead atoms. The summed E-state index contributed by atoms with van der Waals surface area (Å²) in [5, 5.41) is 13.7. The summed E-state index contributed by atoms with van der Waals surface area (Å²) in [4.78, 5) is 0. The van der Waals surface area contributed by atoms with Crippen molar-refractivity contribution in [2.24, 2.45) is 5.92 Å². The third-order valence-corrected chi connectivity index (χ3v) is 4.24. The highest BCUT2D eigenvalue weighted by atomic mass is 35.5. The van der Waals surface area contributed by atoms with E-state index in [1.165, 1.54) is 11.1 Å². The Balaban J connectivity index is 1.52. The maximum Gasteiger partial charge on any atom is 0.0546 e. The van der Waals surface area contributed by atoms with Crippen LogP contribution in [0.15, 0.2) is 18.2 Å². The highest BCUT2D eigenvalue weighted by Crippen LogP contribution is 2.28. The van der Waals surface area contributed by atoms with Crippen molar-refractivity contribution >= 4 is 11.6 Å². The van der Waals surface area contributed by atoms with E-state index in [4.69, 9.17) is 11.6 Å². The van der Waals surface area contributed by atoms with Gasteiger partial charge in [-0.3, -0.25) is 0 Å². The van der Waals surface area contributed by atoms with Crippen LogP contribution in [0.25, 0.3) is 0 Å². The molecular formula is C14H18ClNO. The van der Waals surface area contributed by atoms with Gasteiger partial charge in [-0.1, -0.05) is 17.7 Å². The van der Waals surface area contributed by atoms with Crippen LogP contribution < -0.4 is 5.32 Å². The zero-order valence-corrected chi connectivity index (χ0v) is 10.6. The SMILES string of the molecule is OC1CC(CNC2Cc3ccc(Cl)cc3C2)C1. The zero-order chi connectivity index (χ0) is 11.8. The highest BCUT2D eigenvalue weighted by Gasteiger charge is 2.28. The molecule has 1 saturated carbocycles. The van der Waals surface area contributed by atoms with Gasteiger partial charge >= 0.3 is 0 Å². The molecule has 1 fully saturated rings. The van der Waals surface area contributed by atoms with Crippen LogP contribution >= 0.6 is 11.6 Å². The van der Waals surface area contributed by atoms with Crippen molar-refractivity contribution in [3.05, 3.63) is 34.3 Å². The average Bonchev–Trinajstić information content (AvgIpc) is 2.64. The van der Waals surface area contributed by atoms with Gasteiger partial charge < -0.3 is 10.4 Å². The second kappa shape index (κ2) is 4.60. The van der Waals surface area contributed by atoms with E-state index in [-0.39, 0.29) is 6.10 Å². The quantitative estimate of drug-likeness (QED) is 0.863.